The van der Waals surface area contributed by atoms with Crippen LogP contribution in [-0.2, 0) is 22.4 Å². The van der Waals surface area contributed by atoms with Crippen LogP contribution in [0.4, 0.5) is 0 Å². The predicted molar refractivity (Wildman–Crippen MR) is 29.2 cm³/mol. The molecule has 0 atom stereocenters. The van der Waals surface area contributed by atoms with Crippen molar-refractivity contribution in [1.82, 2.24) is 0 Å². The molecule has 0 aliphatic carbocycles. The van der Waals surface area contributed by atoms with Gasteiger partial charge in [-0.2, -0.15) is 0 Å². The molecule has 0 N–H and O–H groups in total. The van der Waals surface area contributed by atoms with Crippen LogP contribution < -0.4 is 0 Å². The molecule has 0 aliphatic heterocycles. The van der Waals surface area contributed by atoms with Gasteiger partial charge in [-0.25, -0.2) is 0 Å². The normalized spacial score (nSPS) is 10.0. The molecule has 0 aromatic carbocycles. The fourth-order valence-corrected chi connectivity index (χ4v) is 0. The molecular weight excluding hydrogens is 368 g/mol. The second-order valence-electron chi connectivity index (χ2n) is 0.429. The van der Waals surface area contributed by atoms with Crippen LogP contribution in [0.1, 0.15) is 0 Å². The Bertz CT molecular complexity index is 23.0. The van der Waals surface area contributed by atoms with E-state index in [-0.39, 0.29) is 22.4 Å². The first-order valence-corrected chi connectivity index (χ1v) is 15.2. The summed E-state index contributed by atoms with van der Waals surface area (Å²) in [6, 6.07) is 0. The Labute approximate surface area is 70.7 Å². The summed E-state index contributed by atoms with van der Waals surface area (Å²) in [5, 5.41) is 0. The molecule has 0 aromatic heterocycles. The molecule has 6 heteroatoms. The van der Waals surface area contributed by atoms with Crippen LogP contribution in [0.5, 0.6) is 0 Å². The van der Waals surface area contributed by atoms with E-state index in [1.54, 1.807) is 0 Å². The van der Waals surface area contributed by atoms with Gasteiger partial charge < -0.3 is 0 Å². The third kappa shape index (κ3) is 29.9. The van der Waals surface area contributed by atoms with Crippen LogP contribution in [0.25, 0.3) is 0 Å². The Morgan fingerprint density at radius 1 is 0.833 bits per heavy atom. The summed E-state index contributed by atoms with van der Waals surface area (Å²) in [4.78, 5) is 0. The molecule has 0 unspecified atom stereocenters. The summed E-state index contributed by atoms with van der Waals surface area (Å²) in [5.74, 6) is 0. The van der Waals surface area contributed by atoms with Gasteiger partial charge in [-0.05, 0) is 0 Å². The Kier molecular flexibility index (Phi) is 8.74. The first-order valence-electron chi connectivity index (χ1n) is 0.756. The Morgan fingerprint density at radius 2 is 0.833 bits per heavy atom. The van der Waals surface area contributed by atoms with Crippen molar-refractivity contribution >= 4 is 49.6 Å². The molecular formula is AgCl4Sn. The molecule has 0 spiro atoms. The van der Waals surface area contributed by atoms with Crippen molar-refractivity contribution in [2.75, 3.05) is 0 Å². The summed E-state index contributed by atoms with van der Waals surface area (Å²) in [6.07, 6.45) is 0. The zero-order valence-corrected chi connectivity index (χ0v) is 9.67. The molecule has 0 bridgehead atoms. The molecule has 0 saturated carbocycles. The van der Waals surface area contributed by atoms with Crippen molar-refractivity contribution in [3.05, 3.63) is 0 Å². The van der Waals surface area contributed by atoms with Crippen LogP contribution in [0.3, 0.4) is 0 Å². The second kappa shape index (κ2) is 4.57. The average molecular weight is 368 g/mol. The molecule has 0 aliphatic rings. The maximum atomic E-state index is 5.04. The van der Waals surface area contributed by atoms with Crippen molar-refractivity contribution in [3.63, 3.8) is 0 Å². The maximum absolute atomic E-state index is 5.04. The summed E-state index contributed by atoms with van der Waals surface area (Å²) in [6.45, 7) is 0. The fraction of sp³-hybridized carbons (Fsp3) is 0. The van der Waals surface area contributed by atoms with E-state index in [0.717, 1.165) is 0 Å². The first kappa shape index (κ1) is 11.5. The molecule has 0 rings (SSSR count). The van der Waals surface area contributed by atoms with Gasteiger partial charge in [0.1, 0.15) is 0 Å². The van der Waals surface area contributed by atoms with E-state index < -0.39 is 13.9 Å². The third-order valence-electron chi connectivity index (χ3n) is 0. The molecule has 0 heterocycles. The monoisotopic (exact) mass is 367 g/mol. The van der Waals surface area contributed by atoms with Gasteiger partial charge in [0.05, 0.1) is 0 Å². The molecule has 0 saturated heterocycles. The van der Waals surface area contributed by atoms with E-state index in [1.165, 1.54) is 0 Å². The molecule has 1 radical (unpaired) electrons. The molecule has 0 nitrogen and oxygen atoms in total. The fourth-order valence-electron chi connectivity index (χ4n) is 0. The van der Waals surface area contributed by atoms with E-state index in [1.807, 2.05) is 0 Å². The van der Waals surface area contributed by atoms with E-state index >= 15 is 0 Å². The molecule has 0 aromatic rings. The molecule has 43 valence electrons. The molecule has 0 fully saturated rings. The summed E-state index contributed by atoms with van der Waals surface area (Å²) in [5.41, 5.74) is 0. The zero-order valence-electron chi connectivity index (χ0n) is 2.31. The van der Waals surface area contributed by atoms with Crippen molar-refractivity contribution in [1.29, 1.82) is 0 Å². The number of rotatable bonds is 0. The minimum absolute atomic E-state index is 0. The molecule has 6 heavy (non-hydrogen) atoms. The van der Waals surface area contributed by atoms with Crippen molar-refractivity contribution < 1.29 is 22.4 Å². The Morgan fingerprint density at radius 3 is 0.833 bits per heavy atom. The van der Waals surface area contributed by atoms with E-state index in [9.17, 15) is 0 Å². The SMILES string of the molecule is [Ag].[Cl][Sn]([Cl])([Cl])[Cl]. The van der Waals surface area contributed by atoms with E-state index in [2.05, 4.69) is 0 Å². The second-order valence-corrected chi connectivity index (χ2v) is 25.9. The van der Waals surface area contributed by atoms with Gasteiger partial charge in [0.15, 0.2) is 0 Å². The standard InChI is InChI=1S/Ag.4ClH.Sn/h;4*1H;/q;;;;;+4/p-4. The number of hydrogen-bond acceptors (Lipinski definition) is 0. The summed E-state index contributed by atoms with van der Waals surface area (Å²) < 4.78 is 0. The molecule has 0 amide bonds. The zero-order chi connectivity index (χ0) is 4.50. The predicted octanol–water partition coefficient (Wildman–Crippen LogP) is 2.37. The summed E-state index contributed by atoms with van der Waals surface area (Å²) >= 11 is -3.29. The van der Waals surface area contributed by atoms with Gasteiger partial charge in [-0.15, -0.1) is 0 Å². The van der Waals surface area contributed by atoms with Gasteiger partial charge in [0, 0.05) is 22.4 Å². The van der Waals surface area contributed by atoms with Crippen LogP contribution in [-0.4, -0.2) is 13.9 Å². The van der Waals surface area contributed by atoms with Gasteiger partial charge in [-0.3, -0.25) is 0 Å². The van der Waals surface area contributed by atoms with E-state index in [4.69, 9.17) is 35.7 Å². The van der Waals surface area contributed by atoms with Gasteiger partial charge in [-0.1, -0.05) is 0 Å². The van der Waals surface area contributed by atoms with Gasteiger partial charge >= 0.3 is 49.6 Å². The Balaban J connectivity index is 0. The van der Waals surface area contributed by atoms with Crippen LogP contribution >= 0.6 is 35.7 Å². The van der Waals surface area contributed by atoms with Crippen LogP contribution in [0.2, 0.25) is 0 Å². The minimum atomic E-state index is -3.29. The quantitative estimate of drug-likeness (QED) is 0.576. The van der Waals surface area contributed by atoms with Gasteiger partial charge in [0.25, 0.3) is 0 Å². The number of halogens is 4. The van der Waals surface area contributed by atoms with E-state index in [0.29, 0.717) is 0 Å². The van der Waals surface area contributed by atoms with Crippen molar-refractivity contribution in [2.45, 2.75) is 0 Å². The average Bonchev–Trinajstić information content (AvgIpc) is 0.722. The van der Waals surface area contributed by atoms with Crippen LogP contribution in [0.15, 0.2) is 0 Å². The topological polar surface area (TPSA) is 0 Å². The third-order valence-corrected chi connectivity index (χ3v) is 0. The summed E-state index contributed by atoms with van der Waals surface area (Å²) in [7, 11) is 20.1. The van der Waals surface area contributed by atoms with Crippen LogP contribution in [0, 0.1) is 0 Å². The van der Waals surface area contributed by atoms with Crippen molar-refractivity contribution in [2.24, 2.45) is 0 Å². The first-order chi connectivity index (χ1) is 2.00. The van der Waals surface area contributed by atoms with Crippen molar-refractivity contribution in [3.8, 4) is 0 Å². The van der Waals surface area contributed by atoms with Gasteiger partial charge in [0.2, 0.25) is 0 Å². The number of hydrogen-bond donors (Lipinski definition) is 0. The Hall–Kier alpha value is 2.70.